The van der Waals surface area contributed by atoms with Crippen LogP contribution in [0.4, 0.5) is 5.13 Å². The maximum absolute atomic E-state index is 13.8. The highest BCUT2D eigenvalue weighted by atomic mass is 32.1. The summed E-state index contributed by atoms with van der Waals surface area (Å²) in [5, 5.41) is 5.22. The second-order valence-corrected chi connectivity index (χ2v) is 8.78. The zero-order chi connectivity index (χ0) is 21.9. The number of ether oxygens (including phenoxy) is 1. The summed E-state index contributed by atoms with van der Waals surface area (Å²) in [6.07, 6.45) is 1.67. The van der Waals surface area contributed by atoms with E-state index in [1.165, 1.54) is 0 Å². The van der Waals surface area contributed by atoms with Crippen molar-refractivity contribution in [2.45, 2.75) is 6.92 Å². The minimum absolute atomic E-state index is 0.0722. The molecule has 7 nitrogen and oxygen atoms in total. The number of carbonyl (C=O) groups excluding carboxylic acids is 1. The SMILES string of the molecule is Cc1c(C(=O)N(CCN2CCOCC2)c2nc3ccccc3s2)cnn1-c1ccccc1. The molecule has 0 radical (unpaired) electrons. The van der Waals surface area contributed by atoms with Crippen molar-refractivity contribution in [3.05, 3.63) is 72.1 Å². The fourth-order valence-electron chi connectivity index (χ4n) is 3.92. The molecule has 1 aliphatic heterocycles. The number of para-hydroxylation sites is 2. The molecule has 4 aromatic rings. The lowest BCUT2D eigenvalue weighted by molar-refractivity contribution is 0.0391. The molecule has 0 N–H and O–H groups in total. The largest absolute Gasteiger partial charge is 0.379 e. The first kappa shape index (κ1) is 20.8. The molecule has 0 saturated carbocycles. The summed E-state index contributed by atoms with van der Waals surface area (Å²) in [6.45, 7) is 6.51. The topological polar surface area (TPSA) is 63.5 Å². The van der Waals surface area contributed by atoms with Crippen molar-refractivity contribution in [3.63, 3.8) is 0 Å². The van der Waals surface area contributed by atoms with Crippen LogP contribution in [0.3, 0.4) is 0 Å². The van der Waals surface area contributed by atoms with Crippen molar-refractivity contribution in [2.75, 3.05) is 44.3 Å². The van der Waals surface area contributed by atoms with E-state index in [0.29, 0.717) is 12.1 Å². The van der Waals surface area contributed by atoms with E-state index in [-0.39, 0.29) is 5.91 Å². The Balaban J connectivity index is 1.46. The Labute approximate surface area is 190 Å². The van der Waals surface area contributed by atoms with Gasteiger partial charge in [-0.3, -0.25) is 14.6 Å². The summed E-state index contributed by atoms with van der Waals surface area (Å²) in [5.74, 6) is -0.0722. The first-order valence-corrected chi connectivity index (χ1v) is 11.6. The first-order chi connectivity index (χ1) is 15.7. The summed E-state index contributed by atoms with van der Waals surface area (Å²) in [6, 6.07) is 17.9. The maximum atomic E-state index is 13.8. The molecule has 0 unspecified atom stereocenters. The zero-order valence-corrected chi connectivity index (χ0v) is 18.8. The Hall–Kier alpha value is -3.07. The van der Waals surface area contributed by atoms with Crippen LogP contribution in [0.2, 0.25) is 0 Å². The van der Waals surface area contributed by atoms with E-state index < -0.39 is 0 Å². The Kier molecular flexibility index (Phi) is 5.98. The third kappa shape index (κ3) is 4.17. The molecule has 2 aromatic heterocycles. The number of aromatic nitrogens is 3. The van der Waals surface area contributed by atoms with E-state index in [9.17, 15) is 4.79 Å². The number of benzene rings is 2. The Morgan fingerprint density at radius 2 is 1.84 bits per heavy atom. The fraction of sp³-hybridized carbons (Fsp3) is 0.292. The number of rotatable bonds is 6. The van der Waals surface area contributed by atoms with E-state index in [1.807, 2.05) is 66.2 Å². The number of anilines is 1. The molecule has 1 fully saturated rings. The summed E-state index contributed by atoms with van der Waals surface area (Å²) in [4.78, 5) is 22.7. The van der Waals surface area contributed by atoms with Crippen LogP contribution in [0.25, 0.3) is 15.9 Å². The molecule has 8 heteroatoms. The number of hydrogen-bond donors (Lipinski definition) is 0. The molecule has 1 amide bonds. The highest BCUT2D eigenvalue weighted by Gasteiger charge is 2.26. The first-order valence-electron chi connectivity index (χ1n) is 10.8. The number of hydrogen-bond acceptors (Lipinski definition) is 6. The number of fused-ring (bicyclic) bond motifs is 1. The quantitative estimate of drug-likeness (QED) is 0.450. The van der Waals surface area contributed by atoms with Gasteiger partial charge in [0.05, 0.1) is 46.6 Å². The minimum Gasteiger partial charge on any atom is -0.379 e. The van der Waals surface area contributed by atoms with Crippen LogP contribution in [-0.2, 0) is 4.74 Å². The van der Waals surface area contributed by atoms with Crippen LogP contribution in [0.1, 0.15) is 16.1 Å². The molecule has 3 heterocycles. The summed E-state index contributed by atoms with van der Waals surface area (Å²) >= 11 is 1.55. The molecule has 0 aliphatic carbocycles. The van der Waals surface area contributed by atoms with Crippen LogP contribution in [0.15, 0.2) is 60.8 Å². The van der Waals surface area contributed by atoms with Gasteiger partial charge in [-0.05, 0) is 31.2 Å². The van der Waals surface area contributed by atoms with Gasteiger partial charge in [0.25, 0.3) is 5.91 Å². The van der Waals surface area contributed by atoms with Crippen LogP contribution in [-0.4, -0.2) is 65.0 Å². The van der Waals surface area contributed by atoms with E-state index in [0.717, 1.165) is 59.6 Å². The van der Waals surface area contributed by atoms with Crippen LogP contribution < -0.4 is 4.90 Å². The van der Waals surface area contributed by atoms with E-state index in [2.05, 4.69) is 10.00 Å². The Morgan fingerprint density at radius 1 is 1.09 bits per heavy atom. The van der Waals surface area contributed by atoms with Crippen LogP contribution >= 0.6 is 11.3 Å². The third-order valence-electron chi connectivity index (χ3n) is 5.74. The van der Waals surface area contributed by atoms with Gasteiger partial charge in [-0.2, -0.15) is 5.10 Å². The van der Waals surface area contributed by atoms with Gasteiger partial charge < -0.3 is 4.74 Å². The number of amides is 1. The summed E-state index contributed by atoms with van der Waals surface area (Å²) in [7, 11) is 0. The average molecular weight is 448 g/mol. The lowest BCUT2D eigenvalue weighted by Crippen LogP contribution is -2.43. The molecule has 0 bridgehead atoms. The molecular weight excluding hydrogens is 422 g/mol. The molecule has 5 rings (SSSR count). The highest BCUT2D eigenvalue weighted by molar-refractivity contribution is 7.22. The molecule has 1 saturated heterocycles. The van der Waals surface area contributed by atoms with Gasteiger partial charge in [0.1, 0.15) is 0 Å². The van der Waals surface area contributed by atoms with Gasteiger partial charge in [0.2, 0.25) is 0 Å². The summed E-state index contributed by atoms with van der Waals surface area (Å²) in [5.41, 5.74) is 3.26. The zero-order valence-electron chi connectivity index (χ0n) is 18.0. The average Bonchev–Trinajstić information content (AvgIpc) is 3.44. The predicted octanol–water partition coefficient (Wildman–Crippen LogP) is 3.77. The van der Waals surface area contributed by atoms with Crippen molar-refractivity contribution >= 4 is 32.6 Å². The second kappa shape index (κ2) is 9.20. The Bertz CT molecular complexity index is 1180. The van der Waals surface area contributed by atoms with E-state index >= 15 is 0 Å². The second-order valence-electron chi connectivity index (χ2n) is 7.77. The van der Waals surface area contributed by atoms with Gasteiger partial charge in [-0.25, -0.2) is 9.67 Å². The predicted molar refractivity (Wildman–Crippen MR) is 127 cm³/mol. The smallest absolute Gasteiger partial charge is 0.263 e. The van der Waals surface area contributed by atoms with Crippen LogP contribution in [0, 0.1) is 6.92 Å². The van der Waals surface area contributed by atoms with Crippen molar-refractivity contribution in [2.24, 2.45) is 0 Å². The van der Waals surface area contributed by atoms with Crippen molar-refractivity contribution in [1.82, 2.24) is 19.7 Å². The standard InChI is InChI=1S/C24H25N5O2S/c1-18-20(17-25-29(18)19-7-3-2-4-8-19)23(30)28(12-11-27-13-15-31-16-14-27)24-26-21-9-5-6-10-22(21)32-24/h2-10,17H,11-16H2,1H3. The van der Waals surface area contributed by atoms with Gasteiger partial charge in [-0.1, -0.05) is 41.7 Å². The number of morpholine rings is 1. The molecule has 2 aromatic carbocycles. The molecule has 1 aliphatic rings. The van der Waals surface area contributed by atoms with Gasteiger partial charge >= 0.3 is 0 Å². The fourth-order valence-corrected chi connectivity index (χ4v) is 4.91. The van der Waals surface area contributed by atoms with Crippen molar-refractivity contribution in [3.8, 4) is 5.69 Å². The van der Waals surface area contributed by atoms with Crippen LogP contribution in [0.5, 0.6) is 0 Å². The number of thiazole rings is 1. The summed E-state index contributed by atoms with van der Waals surface area (Å²) < 4.78 is 8.35. The minimum atomic E-state index is -0.0722. The Morgan fingerprint density at radius 3 is 2.62 bits per heavy atom. The van der Waals surface area contributed by atoms with E-state index in [1.54, 1.807) is 22.4 Å². The normalized spacial score (nSPS) is 14.7. The maximum Gasteiger partial charge on any atom is 0.263 e. The lowest BCUT2D eigenvalue weighted by Gasteiger charge is -2.29. The molecule has 0 atom stereocenters. The van der Waals surface area contributed by atoms with Gasteiger partial charge in [0, 0.05) is 26.2 Å². The third-order valence-corrected chi connectivity index (χ3v) is 6.80. The van der Waals surface area contributed by atoms with Crippen molar-refractivity contribution < 1.29 is 9.53 Å². The monoisotopic (exact) mass is 447 g/mol. The van der Waals surface area contributed by atoms with Gasteiger partial charge in [0.15, 0.2) is 5.13 Å². The molecular formula is C24H25N5O2S. The van der Waals surface area contributed by atoms with E-state index in [4.69, 9.17) is 9.72 Å². The van der Waals surface area contributed by atoms with Crippen molar-refractivity contribution in [1.29, 1.82) is 0 Å². The molecule has 32 heavy (non-hydrogen) atoms. The molecule has 164 valence electrons. The highest BCUT2D eigenvalue weighted by Crippen LogP contribution is 2.30. The lowest BCUT2D eigenvalue weighted by atomic mass is 10.2. The number of carbonyl (C=O) groups is 1. The van der Waals surface area contributed by atoms with Gasteiger partial charge in [-0.15, -0.1) is 0 Å². The number of nitrogens with zero attached hydrogens (tertiary/aromatic N) is 5. The molecule has 0 spiro atoms.